The first-order chi connectivity index (χ1) is 8.88. The highest BCUT2D eigenvalue weighted by molar-refractivity contribution is 5.98. The fraction of sp³-hybridized carbons (Fsp3) is 0.615. The molecule has 0 aliphatic carbocycles. The van der Waals surface area contributed by atoms with E-state index in [0.29, 0.717) is 29.9 Å². The lowest BCUT2D eigenvalue weighted by Crippen LogP contribution is -2.41. The number of hydrogen-bond donors (Lipinski definition) is 2. The Labute approximate surface area is 112 Å². The fourth-order valence-electron chi connectivity index (χ4n) is 1.83. The number of nitrogens with zero attached hydrogens (tertiary/aromatic N) is 1. The molecule has 0 bridgehead atoms. The quantitative estimate of drug-likeness (QED) is 0.824. The number of carbonyl (C=O) groups is 2. The highest BCUT2D eigenvalue weighted by Crippen LogP contribution is 2.22. The second kappa shape index (κ2) is 6.36. The van der Waals surface area contributed by atoms with Gasteiger partial charge in [0.1, 0.15) is 11.6 Å². The highest BCUT2D eigenvalue weighted by Gasteiger charge is 2.26. The minimum atomic E-state index is -1.03. The van der Waals surface area contributed by atoms with E-state index >= 15 is 0 Å². The smallest absolute Gasteiger partial charge is 0.326 e. The first-order valence-corrected chi connectivity index (χ1v) is 6.38. The van der Waals surface area contributed by atoms with E-state index in [1.165, 1.54) is 0 Å². The van der Waals surface area contributed by atoms with E-state index in [2.05, 4.69) is 10.5 Å². The van der Waals surface area contributed by atoms with Crippen molar-refractivity contribution in [2.45, 2.75) is 52.5 Å². The van der Waals surface area contributed by atoms with Crippen molar-refractivity contribution in [2.75, 3.05) is 0 Å². The van der Waals surface area contributed by atoms with Gasteiger partial charge in [0.25, 0.3) is 5.91 Å². The van der Waals surface area contributed by atoms with Gasteiger partial charge in [0.05, 0.1) is 5.69 Å². The third-order valence-electron chi connectivity index (χ3n) is 2.82. The van der Waals surface area contributed by atoms with Crippen LogP contribution in [0.25, 0.3) is 0 Å². The maximum absolute atomic E-state index is 12.2. The predicted molar refractivity (Wildman–Crippen MR) is 69.1 cm³/mol. The van der Waals surface area contributed by atoms with Crippen molar-refractivity contribution < 1.29 is 19.2 Å². The monoisotopic (exact) mass is 268 g/mol. The average Bonchev–Trinajstić information content (AvgIpc) is 2.70. The molecule has 0 saturated heterocycles. The molecule has 1 heterocycles. The summed E-state index contributed by atoms with van der Waals surface area (Å²) in [6, 6.07) is -0.883. The maximum atomic E-state index is 12.2. The standard InChI is InChI=1S/C13H20N2O4/c1-5-6-9(13(17)18)14-12(16)10-8(4)15-19-11(10)7(2)3/h7,9H,5-6H2,1-4H3,(H,14,16)(H,17,18)/t9-/m1/s1. The van der Waals surface area contributed by atoms with Crippen LogP contribution in [0.4, 0.5) is 0 Å². The van der Waals surface area contributed by atoms with Gasteiger partial charge in [-0.3, -0.25) is 4.79 Å². The summed E-state index contributed by atoms with van der Waals surface area (Å²) >= 11 is 0. The molecule has 1 aromatic rings. The number of aliphatic carboxylic acids is 1. The first kappa shape index (κ1) is 15.2. The third kappa shape index (κ3) is 3.56. The lowest BCUT2D eigenvalue weighted by Gasteiger charge is -2.14. The largest absolute Gasteiger partial charge is 0.480 e. The number of aryl methyl sites for hydroxylation is 1. The summed E-state index contributed by atoms with van der Waals surface area (Å²) < 4.78 is 5.12. The number of hydrogen-bond acceptors (Lipinski definition) is 4. The van der Waals surface area contributed by atoms with Crippen molar-refractivity contribution in [3.8, 4) is 0 Å². The molecule has 1 atom stereocenters. The summed E-state index contributed by atoms with van der Waals surface area (Å²) in [5.74, 6) is -0.981. The minimum Gasteiger partial charge on any atom is -0.480 e. The first-order valence-electron chi connectivity index (χ1n) is 6.38. The summed E-state index contributed by atoms with van der Waals surface area (Å²) in [6.07, 6.45) is 1.07. The molecular weight excluding hydrogens is 248 g/mol. The molecule has 2 N–H and O–H groups in total. The van der Waals surface area contributed by atoms with Crippen molar-refractivity contribution in [2.24, 2.45) is 0 Å². The molecular formula is C13H20N2O4. The zero-order valence-electron chi connectivity index (χ0n) is 11.7. The van der Waals surface area contributed by atoms with Crippen LogP contribution in [0.2, 0.25) is 0 Å². The summed E-state index contributed by atoms with van der Waals surface area (Å²) in [7, 11) is 0. The second-order valence-corrected chi connectivity index (χ2v) is 4.81. The van der Waals surface area contributed by atoms with Crippen molar-refractivity contribution >= 4 is 11.9 Å². The number of amides is 1. The van der Waals surface area contributed by atoms with Gasteiger partial charge in [0.2, 0.25) is 0 Å². The Morgan fingerprint density at radius 1 is 1.42 bits per heavy atom. The molecule has 0 aliphatic heterocycles. The highest BCUT2D eigenvalue weighted by atomic mass is 16.5. The zero-order valence-corrected chi connectivity index (χ0v) is 11.7. The van der Waals surface area contributed by atoms with E-state index in [0.717, 1.165) is 0 Å². The number of carboxylic acids is 1. The second-order valence-electron chi connectivity index (χ2n) is 4.81. The Balaban J connectivity index is 2.94. The molecule has 1 amide bonds. The van der Waals surface area contributed by atoms with E-state index < -0.39 is 17.9 Å². The molecule has 0 fully saturated rings. The fourth-order valence-corrected chi connectivity index (χ4v) is 1.83. The van der Waals surface area contributed by atoms with Gasteiger partial charge in [-0.1, -0.05) is 32.3 Å². The van der Waals surface area contributed by atoms with Crippen molar-refractivity contribution in [3.05, 3.63) is 17.0 Å². The number of rotatable bonds is 6. The van der Waals surface area contributed by atoms with E-state index in [4.69, 9.17) is 9.63 Å². The Kier molecular flexibility index (Phi) is 5.09. The molecule has 19 heavy (non-hydrogen) atoms. The number of aromatic nitrogens is 1. The van der Waals surface area contributed by atoms with E-state index in [-0.39, 0.29) is 5.92 Å². The molecule has 0 aliphatic rings. The van der Waals surface area contributed by atoms with Crippen molar-refractivity contribution in [1.29, 1.82) is 0 Å². The summed E-state index contributed by atoms with van der Waals surface area (Å²) in [5, 5.41) is 15.3. The molecule has 1 aromatic heterocycles. The summed E-state index contributed by atoms with van der Waals surface area (Å²) in [4.78, 5) is 23.2. The lowest BCUT2D eigenvalue weighted by molar-refractivity contribution is -0.139. The Hall–Kier alpha value is -1.85. The van der Waals surface area contributed by atoms with Crippen LogP contribution in [-0.2, 0) is 4.79 Å². The van der Waals surface area contributed by atoms with Crippen LogP contribution in [-0.4, -0.2) is 28.2 Å². The van der Waals surface area contributed by atoms with Crippen LogP contribution < -0.4 is 5.32 Å². The average molecular weight is 268 g/mol. The molecule has 0 aromatic carbocycles. The van der Waals surface area contributed by atoms with Crippen LogP contribution in [0.5, 0.6) is 0 Å². The van der Waals surface area contributed by atoms with E-state index in [1.54, 1.807) is 6.92 Å². The van der Waals surface area contributed by atoms with Gasteiger partial charge >= 0.3 is 5.97 Å². The normalized spacial score (nSPS) is 12.5. The van der Waals surface area contributed by atoms with Crippen LogP contribution in [0.3, 0.4) is 0 Å². The van der Waals surface area contributed by atoms with Gasteiger partial charge in [-0.15, -0.1) is 0 Å². The molecule has 0 saturated carbocycles. The van der Waals surface area contributed by atoms with Gasteiger partial charge in [-0.05, 0) is 13.3 Å². The van der Waals surface area contributed by atoms with Gasteiger partial charge in [0, 0.05) is 5.92 Å². The number of carboxylic acid groups (broad SMARTS) is 1. The molecule has 0 spiro atoms. The molecule has 1 rings (SSSR count). The van der Waals surface area contributed by atoms with Crippen LogP contribution in [0.15, 0.2) is 4.52 Å². The SMILES string of the molecule is CCC[C@@H](NC(=O)c1c(C)noc1C(C)C)C(=O)O. The minimum absolute atomic E-state index is 0.0106. The van der Waals surface area contributed by atoms with E-state index in [9.17, 15) is 9.59 Å². The lowest BCUT2D eigenvalue weighted by atomic mass is 10.0. The van der Waals surface area contributed by atoms with Gasteiger partial charge in [-0.25, -0.2) is 4.79 Å². The van der Waals surface area contributed by atoms with Gasteiger partial charge in [0.15, 0.2) is 5.76 Å². The van der Waals surface area contributed by atoms with Gasteiger partial charge < -0.3 is 14.9 Å². The van der Waals surface area contributed by atoms with Crippen LogP contribution in [0.1, 0.15) is 61.3 Å². The predicted octanol–water partition coefficient (Wildman–Crippen LogP) is 2.09. The number of nitrogens with one attached hydrogen (secondary N) is 1. The molecule has 106 valence electrons. The van der Waals surface area contributed by atoms with Crippen LogP contribution in [0, 0.1) is 6.92 Å². The molecule has 0 unspecified atom stereocenters. The third-order valence-corrected chi connectivity index (χ3v) is 2.82. The van der Waals surface area contributed by atoms with Crippen molar-refractivity contribution in [1.82, 2.24) is 10.5 Å². The summed E-state index contributed by atoms with van der Waals surface area (Å²) in [6.45, 7) is 7.31. The Bertz CT molecular complexity index is 465. The maximum Gasteiger partial charge on any atom is 0.326 e. The molecule has 6 heteroatoms. The van der Waals surface area contributed by atoms with Crippen LogP contribution >= 0.6 is 0 Å². The molecule has 6 nitrogen and oxygen atoms in total. The Morgan fingerprint density at radius 2 is 2.05 bits per heavy atom. The number of carbonyl (C=O) groups excluding carboxylic acids is 1. The topological polar surface area (TPSA) is 92.4 Å². The molecule has 0 radical (unpaired) electrons. The Morgan fingerprint density at radius 3 is 2.53 bits per heavy atom. The van der Waals surface area contributed by atoms with Crippen molar-refractivity contribution in [3.63, 3.8) is 0 Å². The van der Waals surface area contributed by atoms with E-state index in [1.807, 2.05) is 20.8 Å². The van der Waals surface area contributed by atoms with Gasteiger partial charge in [-0.2, -0.15) is 0 Å². The zero-order chi connectivity index (χ0) is 14.6. The summed E-state index contributed by atoms with van der Waals surface area (Å²) in [5.41, 5.74) is 0.819.